The van der Waals surface area contributed by atoms with Gasteiger partial charge in [-0.05, 0) is 53.9 Å². The summed E-state index contributed by atoms with van der Waals surface area (Å²) >= 11 is 3.17. The van der Waals surface area contributed by atoms with Crippen LogP contribution in [-0.4, -0.2) is 29.4 Å². The van der Waals surface area contributed by atoms with E-state index in [1.54, 1.807) is 6.92 Å². The van der Waals surface area contributed by atoms with Gasteiger partial charge in [-0.3, -0.25) is 10.2 Å². The van der Waals surface area contributed by atoms with E-state index >= 15 is 0 Å². The zero-order valence-corrected chi connectivity index (χ0v) is 13.5. The minimum absolute atomic E-state index is 0.0708. The molecule has 0 aliphatic rings. The number of ether oxygens (including phenoxy) is 1. The summed E-state index contributed by atoms with van der Waals surface area (Å²) in [5, 5.41) is 12.6. The molecule has 0 aliphatic heterocycles. The van der Waals surface area contributed by atoms with Crippen LogP contribution in [-0.2, 0) is 14.3 Å². The molecule has 1 rings (SSSR count). The summed E-state index contributed by atoms with van der Waals surface area (Å²) in [4.78, 5) is 22.3. The lowest BCUT2D eigenvalue weighted by Gasteiger charge is -2.08. The monoisotopic (exact) mass is 374 g/mol. The van der Waals surface area contributed by atoms with Crippen molar-refractivity contribution >= 4 is 39.3 Å². The number of carboxylic acids is 1. The number of carboxylic acid groups (broad SMARTS) is 1. The molecule has 0 atom stereocenters. The van der Waals surface area contributed by atoms with Gasteiger partial charge in [-0.1, -0.05) is 0 Å². The number of halogens is 2. The summed E-state index contributed by atoms with van der Waals surface area (Å²) in [6, 6.07) is 3.96. The Kier molecular flexibility index (Phi) is 7.51. The Balaban J connectivity index is 2.79. The highest BCUT2D eigenvalue weighted by molar-refractivity contribution is 9.10. The first-order chi connectivity index (χ1) is 10.4. The maximum absolute atomic E-state index is 13.0. The van der Waals surface area contributed by atoms with E-state index in [0.717, 1.165) is 0 Å². The summed E-state index contributed by atoms with van der Waals surface area (Å²) in [6.45, 7) is 1.85. The minimum Gasteiger partial charge on any atom is -0.481 e. The van der Waals surface area contributed by atoms with Crippen molar-refractivity contribution in [1.82, 2.24) is 0 Å². The van der Waals surface area contributed by atoms with Gasteiger partial charge < -0.3 is 9.84 Å². The van der Waals surface area contributed by atoms with Gasteiger partial charge in [-0.15, -0.1) is 0 Å². The highest BCUT2D eigenvalue weighted by Crippen LogP contribution is 2.23. The third-order valence-corrected chi connectivity index (χ3v) is 3.21. The van der Waals surface area contributed by atoms with Crippen LogP contribution in [0.1, 0.15) is 26.2 Å². The van der Waals surface area contributed by atoms with E-state index in [2.05, 4.69) is 26.5 Å². The van der Waals surface area contributed by atoms with Gasteiger partial charge in [0.2, 0.25) is 0 Å². The van der Waals surface area contributed by atoms with E-state index in [1.165, 1.54) is 18.2 Å². The molecule has 8 heteroatoms. The van der Waals surface area contributed by atoms with Gasteiger partial charge in [0.25, 0.3) is 0 Å². The summed E-state index contributed by atoms with van der Waals surface area (Å²) in [7, 11) is 0. The third-order valence-electron chi connectivity index (χ3n) is 2.56. The molecule has 0 heterocycles. The molecule has 0 aliphatic carbocycles. The number of nitrogens with zero attached hydrogens (tertiary/aromatic N) is 1. The fourth-order valence-electron chi connectivity index (χ4n) is 1.53. The number of esters is 1. The minimum atomic E-state index is -0.947. The van der Waals surface area contributed by atoms with Gasteiger partial charge >= 0.3 is 11.9 Å². The maximum Gasteiger partial charge on any atom is 0.354 e. The number of hydrazone groups is 1. The molecule has 120 valence electrons. The normalized spacial score (nSPS) is 11.1. The lowest BCUT2D eigenvalue weighted by atomic mass is 10.1. The molecule has 0 bridgehead atoms. The van der Waals surface area contributed by atoms with E-state index in [0.29, 0.717) is 10.2 Å². The molecule has 22 heavy (non-hydrogen) atoms. The fraction of sp³-hybridized carbons (Fsp3) is 0.357. The van der Waals surface area contributed by atoms with Crippen LogP contribution in [0, 0.1) is 5.82 Å². The zero-order valence-electron chi connectivity index (χ0n) is 11.9. The second-order valence-corrected chi connectivity index (χ2v) is 5.12. The Morgan fingerprint density at radius 2 is 2.14 bits per heavy atom. The van der Waals surface area contributed by atoms with Crippen LogP contribution in [0.5, 0.6) is 0 Å². The Morgan fingerprint density at radius 3 is 2.73 bits per heavy atom. The number of benzene rings is 1. The molecule has 0 unspecified atom stereocenters. The topological polar surface area (TPSA) is 88.0 Å². The fourth-order valence-corrected chi connectivity index (χ4v) is 1.97. The Bertz CT molecular complexity index is 578. The number of rotatable bonds is 8. The lowest BCUT2D eigenvalue weighted by Crippen LogP contribution is -2.19. The molecule has 1 aromatic rings. The summed E-state index contributed by atoms with van der Waals surface area (Å²) in [6.07, 6.45) is 0.356. The lowest BCUT2D eigenvalue weighted by molar-refractivity contribution is -0.137. The molecule has 0 spiro atoms. The highest BCUT2D eigenvalue weighted by atomic mass is 79.9. The molecular formula is C14H16BrFN2O4. The molecule has 2 N–H and O–H groups in total. The number of hydrogen-bond donors (Lipinski definition) is 2. The van der Waals surface area contributed by atoms with Crippen LogP contribution < -0.4 is 5.43 Å². The van der Waals surface area contributed by atoms with Crippen molar-refractivity contribution in [1.29, 1.82) is 0 Å². The second kappa shape index (κ2) is 9.14. The Hall–Kier alpha value is -1.96. The largest absolute Gasteiger partial charge is 0.481 e. The Morgan fingerprint density at radius 1 is 1.41 bits per heavy atom. The highest BCUT2D eigenvalue weighted by Gasteiger charge is 2.14. The zero-order chi connectivity index (χ0) is 16.5. The van der Waals surface area contributed by atoms with Crippen molar-refractivity contribution in [3.63, 3.8) is 0 Å². The van der Waals surface area contributed by atoms with Crippen molar-refractivity contribution in [2.24, 2.45) is 5.10 Å². The molecule has 0 radical (unpaired) electrons. The van der Waals surface area contributed by atoms with E-state index in [1.807, 2.05) is 0 Å². The van der Waals surface area contributed by atoms with Crippen molar-refractivity contribution in [2.75, 3.05) is 12.0 Å². The number of carbonyl (C=O) groups excluding carboxylic acids is 1. The molecule has 1 aromatic carbocycles. The maximum atomic E-state index is 13.0. The van der Waals surface area contributed by atoms with Crippen molar-refractivity contribution in [3.05, 3.63) is 28.5 Å². The third kappa shape index (κ3) is 6.21. The molecule has 0 aromatic heterocycles. The Labute approximate surface area is 135 Å². The van der Waals surface area contributed by atoms with Crippen molar-refractivity contribution in [3.8, 4) is 0 Å². The number of hydrogen-bond acceptors (Lipinski definition) is 5. The SMILES string of the molecule is CCOC(=O)/C(CCCC(=O)O)=N/Nc1ccc(F)cc1Br. The van der Waals surface area contributed by atoms with E-state index in [-0.39, 0.29) is 31.6 Å². The van der Waals surface area contributed by atoms with Crippen molar-refractivity contribution in [2.45, 2.75) is 26.2 Å². The van der Waals surface area contributed by atoms with Gasteiger partial charge in [0.1, 0.15) is 11.5 Å². The van der Waals surface area contributed by atoms with E-state index < -0.39 is 17.8 Å². The average molecular weight is 375 g/mol. The van der Waals surface area contributed by atoms with Crippen LogP contribution in [0.3, 0.4) is 0 Å². The molecule has 6 nitrogen and oxygen atoms in total. The van der Waals surface area contributed by atoms with Gasteiger partial charge in [0, 0.05) is 10.9 Å². The van der Waals surface area contributed by atoms with Crippen LogP contribution in [0.25, 0.3) is 0 Å². The standard InChI is InChI=1S/C14H16BrFN2O4/c1-2-22-14(21)12(4-3-5-13(19)20)18-17-11-7-6-9(16)8-10(11)15/h6-8,17H,2-5H2,1H3,(H,19,20)/b18-12+. The van der Waals surface area contributed by atoms with Crippen LogP contribution in [0.4, 0.5) is 10.1 Å². The second-order valence-electron chi connectivity index (χ2n) is 4.26. The first-order valence-corrected chi connectivity index (χ1v) is 7.40. The molecule has 0 amide bonds. The number of carbonyl (C=O) groups is 2. The first-order valence-electron chi connectivity index (χ1n) is 6.60. The quantitative estimate of drug-likeness (QED) is 0.414. The van der Waals surface area contributed by atoms with Gasteiger partial charge in [-0.2, -0.15) is 5.10 Å². The van der Waals surface area contributed by atoms with Crippen molar-refractivity contribution < 1.29 is 23.8 Å². The number of anilines is 1. The molecule has 0 saturated carbocycles. The van der Waals surface area contributed by atoms with Gasteiger partial charge in [0.15, 0.2) is 0 Å². The van der Waals surface area contributed by atoms with Crippen LogP contribution in [0.15, 0.2) is 27.8 Å². The summed E-state index contributed by atoms with van der Waals surface area (Å²) in [5.74, 6) is -1.97. The summed E-state index contributed by atoms with van der Waals surface area (Å²) in [5.41, 5.74) is 3.20. The predicted octanol–water partition coefficient (Wildman–Crippen LogP) is 3.17. The van der Waals surface area contributed by atoms with E-state index in [4.69, 9.17) is 9.84 Å². The first kappa shape index (κ1) is 18.1. The number of aliphatic carboxylic acids is 1. The molecule has 0 saturated heterocycles. The van der Waals surface area contributed by atoms with Gasteiger partial charge in [-0.25, -0.2) is 9.18 Å². The predicted molar refractivity (Wildman–Crippen MR) is 83.3 cm³/mol. The van der Waals surface area contributed by atoms with Gasteiger partial charge in [0.05, 0.1) is 12.3 Å². The summed E-state index contributed by atoms with van der Waals surface area (Å²) < 4.78 is 18.3. The number of nitrogens with one attached hydrogen (secondary N) is 1. The smallest absolute Gasteiger partial charge is 0.354 e. The molecule has 0 fully saturated rings. The van der Waals surface area contributed by atoms with Crippen LogP contribution >= 0.6 is 15.9 Å². The average Bonchev–Trinajstić information content (AvgIpc) is 2.44. The molecular weight excluding hydrogens is 359 g/mol. The van der Waals surface area contributed by atoms with Crippen LogP contribution in [0.2, 0.25) is 0 Å². The van der Waals surface area contributed by atoms with E-state index in [9.17, 15) is 14.0 Å².